The van der Waals surface area contributed by atoms with Gasteiger partial charge < -0.3 is 13.7 Å². The normalized spacial score (nSPS) is 11.5. The van der Waals surface area contributed by atoms with Crippen LogP contribution in [-0.4, -0.2) is 18.8 Å². The molecule has 0 saturated carbocycles. The molecular formula is C46H31N5. The van der Waals surface area contributed by atoms with E-state index in [1.54, 1.807) is 0 Å². The van der Waals surface area contributed by atoms with Crippen LogP contribution in [0.15, 0.2) is 189 Å². The lowest BCUT2D eigenvalue weighted by Gasteiger charge is -2.26. The quantitative estimate of drug-likeness (QED) is 0.179. The number of imidazole rings is 2. The number of benzene rings is 6. The first-order valence-electron chi connectivity index (χ1n) is 17.1. The summed E-state index contributed by atoms with van der Waals surface area (Å²) in [5.74, 6) is 0. The predicted octanol–water partition coefficient (Wildman–Crippen LogP) is 11.8. The fourth-order valence-corrected chi connectivity index (χ4v) is 7.08. The van der Waals surface area contributed by atoms with Gasteiger partial charge >= 0.3 is 0 Å². The number of aromatic nitrogens is 4. The van der Waals surface area contributed by atoms with Crippen molar-refractivity contribution in [1.82, 2.24) is 18.8 Å². The third-order valence-corrected chi connectivity index (χ3v) is 9.74. The average molecular weight is 654 g/mol. The van der Waals surface area contributed by atoms with Crippen LogP contribution in [0.1, 0.15) is 0 Å². The number of pyridine rings is 2. The summed E-state index contributed by atoms with van der Waals surface area (Å²) in [7, 11) is 0. The first-order valence-corrected chi connectivity index (χ1v) is 17.1. The van der Waals surface area contributed by atoms with Gasteiger partial charge in [0.1, 0.15) is 11.3 Å². The number of rotatable bonds is 6. The minimum Gasteiger partial charge on any atom is -0.310 e. The third kappa shape index (κ3) is 5.29. The van der Waals surface area contributed by atoms with E-state index in [0.717, 1.165) is 50.9 Å². The molecule has 6 aromatic carbocycles. The number of anilines is 3. The molecule has 10 rings (SSSR count). The first kappa shape index (κ1) is 29.0. The molecule has 0 atom stereocenters. The van der Waals surface area contributed by atoms with Crippen LogP contribution in [-0.2, 0) is 0 Å². The predicted molar refractivity (Wildman–Crippen MR) is 210 cm³/mol. The number of fused-ring (bicyclic) bond motifs is 4. The van der Waals surface area contributed by atoms with E-state index in [2.05, 4.69) is 153 Å². The Labute approximate surface area is 295 Å². The van der Waals surface area contributed by atoms with Crippen molar-refractivity contribution >= 4 is 49.9 Å². The second-order valence-electron chi connectivity index (χ2n) is 12.9. The molecule has 10 aromatic rings. The highest BCUT2D eigenvalue weighted by Crippen LogP contribution is 2.38. The molecule has 240 valence electrons. The summed E-state index contributed by atoms with van der Waals surface area (Å²) in [6.07, 6.45) is 8.22. The molecule has 4 heterocycles. The Bertz CT molecular complexity index is 2680. The average Bonchev–Trinajstić information content (AvgIpc) is 3.83. The lowest BCUT2D eigenvalue weighted by atomic mass is 9.98. The molecule has 4 aromatic heterocycles. The van der Waals surface area contributed by atoms with Crippen LogP contribution in [0.3, 0.4) is 0 Å². The number of hydrogen-bond donors (Lipinski definition) is 0. The summed E-state index contributed by atoms with van der Waals surface area (Å²) >= 11 is 0. The Hall–Kier alpha value is -6.98. The zero-order valence-electron chi connectivity index (χ0n) is 27.6. The van der Waals surface area contributed by atoms with Crippen LogP contribution in [0, 0.1) is 0 Å². The monoisotopic (exact) mass is 653 g/mol. The van der Waals surface area contributed by atoms with E-state index in [0.29, 0.717) is 0 Å². The van der Waals surface area contributed by atoms with Crippen molar-refractivity contribution in [3.8, 4) is 33.6 Å². The SMILES string of the molecule is c1ccc2cc(-c3ccc4cc(N(c5ccc(-c6cn7ccccc7n6)cc5)c5ccc(-c6cn7ccccc7n6)cc5)ccc4c3)ccc2c1. The maximum atomic E-state index is 4.85. The highest BCUT2D eigenvalue weighted by atomic mass is 15.1. The van der Waals surface area contributed by atoms with E-state index in [1.807, 2.05) is 48.8 Å². The maximum Gasteiger partial charge on any atom is 0.137 e. The van der Waals surface area contributed by atoms with Gasteiger partial charge in [0.05, 0.1) is 11.4 Å². The van der Waals surface area contributed by atoms with E-state index in [9.17, 15) is 0 Å². The van der Waals surface area contributed by atoms with Crippen LogP contribution in [0.4, 0.5) is 17.1 Å². The van der Waals surface area contributed by atoms with E-state index in [1.165, 1.54) is 32.7 Å². The molecule has 51 heavy (non-hydrogen) atoms. The molecule has 0 unspecified atom stereocenters. The second-order valence-corrected chi connectivity index (χ2v) is 12.9. The molecule has 0 fully saturated rings. The fourth-order valence-electron chi connectivity index (χ4n) is 7.08. The summed E-state index contributed by atoms with van der Waals surface area (Å²) < 4.78 is 4.11. The van der Waals surface area contributed by atoms with E-state index >= 15 is 0 Å². The van der Waals surface area contributed by atoms with Crippen molar-refractivity contribution in [3.05, 3.63) is 189 Å². The zero-order valence-corrected chi connectivity index (χ0v) is 27.6. The van der Waals surface area contributed by atoms with Crippen molar-refractivity contribution in [2.45, 2.75) is 0 Å². The largest absolute Gasteiger partial charge is 0.310 e. The van der Waals surface area contributed by atoms with E-state index in [4.69, 9.17) is 9.97 Å². The summed E-state index contributed by atoms with van der Waals surface area (Å²) in [5.41, 5.74) is 11.6. The Morgan fingerprint density at radius 3 is 1.35 bits per heavy atom. The molecule has 0 aliphatic carbocycles. The summed E-state index contributed by atoms with van der Waals surface area (Å²) in [5, 5.41) is 4.89. The minimum atomic E-state index is 0.934. The summed E-state index contributed by atoms with van der Waals surface area (Å²) in [6, 6.07) is 58.2. The molecular weight excluding hydrogens is 623 g/mol. The first-order chi connectivity index (χ1) is 25.2. The molecule has 0 aliphatic rings. The summed E-state index contributed by atoms with van der Waals surface area (Å²) in [6.45, 7) is 0. The molecule has 0 saturated heterocycles. The Balaban J connectivity index is 1.04. The van der Waals surface area contributed by atoms with Crippen molar-refractivity contribution in [3.63, 3.8) is 0 Å². The Morgan fingerprint density at radius 1 is 0.353 bits per heavy atom. The number of hydrogen-bond acceptors (Lipinski definition) is 3. The second kappa shape index (κ2) is 11.9. The lowest BCUT2D eigenvalue weighted by molar-refractivity contribution is 1.19. The van der Waals surface area contributed by atoms with Crippen molar-refractivity contribution in [2.75, 3.05) is 4.90 Å². The van der Waals surface area contributed by atoms with Gasteiger partial charge in [-0.3, -0.25) is 0 Å². The highest BCUT2D eigenvalue weighted by Gasteiger charge is 2.15. The van der Waals surface area contributed by atoms with E-state index < -0.39 is 0 Å². The smallest absolute Gasteiger partial charge is 0.137 e. The molecule has 5 heteroatoms. The van der Waals surface area contributed by atoms with Gasteiger partial charge in [-0.15, -0.1) is 0 Å². The highest BCUT2D eigenvalue weighted by molar-refractivity contribution is 5.94. The van der Waals surface area contributed by atoms with Crippen molar-refractivity contribution in [2.24, 2.45) is 0 Å². The van der Waals surface area contributed by atoms with Crippen LogP contribution < -0.4 is 4.90 Å². The zero-order chi connectivity index (χ0) is 33.7. The van der Waals surface area contributed by atoms with E-state index in [-0.39, 0.29) is 0 Å². The summed E-state index contributed by atoms with van der Waals surface area (Å²) in [4.78, 5) is 12.0. The topological polar surface area (TPSA) is 37.8 Å². The number of nitrogens with zero attached hydrogens (tertiary/aromatic N) is 5. The van der Waals surface area contributed by atoms with Gasteiger partial charge in [-0.05, 0) is 105 Å². The third-order valence-electron chi connectivity index (χ3n) is 9.74. The standard InChI is InChI=1S/C46H31N5/c1-2-8-35-27-36(12-11-32(35)7-1)37-13-14-39-29-42(24-19-38(39)28-37)51(40-20-15-33(16-21-40)43-30-49-25-5-3-9-45(49)47-43)41-22-17-34(18-23-41)44-31-50-26-6-4-10-46(50)48-44/h1-31H. The molecule has 0 spiro atoms. The minimum absolute atomic E-state index is 0.934. The van der Waals surface area contributed by atoms with Crippen LogP contribution >= 0.6 is 0 Å². The van der Waals surface area contributed by atoms with Gasteiger partial charge in [-0.25, -0.2) is 9.97 Å². The fraction of sp³-hybridized carbons (Fsp3) is 0. The Kier molecular flexibility index (Phi) is 6.74. The van der Waals surface area contributed by atoms with Gasteiger partial charge in [0, 0.05) is 53.0 Å². The van der Waals surface area contributed by atoms with Gasteiger partial charge in [0.25, 0.3) is 0 Å². The molecule has 5 nitrogen and oxygen atoms in total. The molecule has 0 aliphatic heterocycles. The van der Waals surface area contributed by atoms with Gasteiger partial charge in [-0.2, -0.15) is 0 Å². The maximum absolute atomic E-state index is 4.85. The van der Waals surface area contributed by atoms with Gasteiger partial charge in [0.15, 0.2) is 0 Å². The molecule has 0 amide bonds. The van der Waals surface area contributed by atoms with Crippen LogP contribution in [0.25, 0.3) is 66.5 Å². The lowest BCUT2D eigenvalue weighted by Crippen LogP contribution is -2.09. The molecule has 0 radical (unpaired) electrons. The van der Waals surface area contributed by atoms with Crippen molar-refractivity contribution < 1.29 is 0 Å². The van der Waals surface area contributed by atoms with Crippen molar-refractivity contribution in [1.29, 1.82) is 0 Å². The van der Waals surface area contributed by atoms with Gasteiger partial charge in [0.2, 0.25) is 0 Å². The Morgan fingerprint density at radius 2 is 0.784 bits per heavy atom. The molecule has 0 bridgehead atoms. The van der Waals surface area contributed by atoms with Crippen LogP contribution in [0.2, 0.25) is 0 Å². The van der Waals surface area contributed by atoms with Gasteiger partial charge in [-0.1, -0.05) is 91.0 Å². The molecule has 0 N–H and O–H groups in total. The van der Waals surface area contributed by atoms with Crippen LogP contribution in [0.5, 0.6) is 0 Å².